The van der Waals surface area contributed by atoms with Crippen molar-refractivity contribution in [2.24, 2.45) is 0 Å². The topological polar surface area (TPSA) is 76.1 Å². The van der Waals surface area contributed by atoms with Crippen LogP contribution in [0.2, 0.25) is 0 Å². The van der Waals surface area contributed by atoms with Crippen LogP contribution < -0.4 is 5.32 Å². The number of rotatable bonds is 10. The monoisotopic (exact) mass is 432 g/mol. The third-order valence-electron chi connectivity index (χ3n) is 6.24. The van der Waals surface area contributed by atoms with Gasteiger partial charge >= 0.3 is 6.09 Å². The molecule has 31 heavy (non-hydrogen) atoms. The number of piperazine rings is 1. The Labute approximate surface area is 183 Å². The summed E-state index contributed by atoms with van der Waals surface area (Å²) in [6.07, 6.45) is 2.86. The molecule has 8 heteroatoms. The molecule has 1 aliphatic carbocycles. The SMILES string of the molecule is C=CCN(CCC[C@@H](NC(=O)O)C(=O)N1CCN(C)CC1)[C@@H]1C[C@H]1c1ccc(F)cc1. The number of amides is 2. The van der Waals surface area contributed by atoms with Gasteiger partial charge in [0.15, 0.2) is 0 Å². The van der Waals surface area contributed by atoms with E-state index in [0.717, 1.165) is 38.2 Å². The Morgan fingerprint density at radius 1 is 1.29 bits per heavy atom. The third-order valence-corrected chi connectivity index (χ3v) is 6.24. The van der Waals surface area contributed by atoms with E-state index in [4.69, 9.17) is 0 Å². The zero-order chi connectivity index (χ0) is 22.4. The minimum Gasteiger partial charge on any atom is -0.465 e. The maximum atomic E-state index is 13.2. The van der Waals surface area contributed by atoms with Crippen LogP contribution in [0.3, 0.4) is 0 Å². The number of hydrogen-bond acceptors (Lipinski definition) is 4. The van der Waals surface area contributed by atoms with E-state index in [2.05, 4.69) is 21.7 Å². The van der Waals surface area contributed by atoms with Crippen LogP contribution in [0.4, 0.5) is 9.18 Å². The number of halogens is 1. The number of likely N-dealkylation sites (N-methyl/N-ethyl adjacent to an activating group) is 1. The van der Waals surface area contributed by atoms with E-state index >= 15 is 0 Å². The second-order valence-electron chi connectivity index (χ2n) is 8.52. The molecular formula is C23H33FN4O3. The second kappa shape index (κ2) is 10.7. The lowest BCUT2D eigenvalue weighted by Crippen LogP contribution is -2.54. The highest BCUT2D eigenvalue weighted by Gasteiger charge is 2.42. The van der Waals surface area contributed by atoms with Crippen LogP contribution in [-0.4, -0.2) is 90.2 Å². The number of carbonyl (C=O) groups excluding carboxylic acids is 1. The van der Waals surface area contributed by atoms with E-state index in [-0.39, 0.29) is 11.7 Å². The van der Waals surface area contributed by atoms with Crippen LogP contribution in [-0.2, 0) is 4.79 Å². The van der Waals surface area contributed by atoms with E-state index in [1.807, 2.05) is 25.3 Å². The van der Waals surface area contributed by atoms with Gasteiger partial charge in [0.05, 0.1) is 0 Å². The zero-order valence-corrected chi connectivity index (χ0v) is 18.2. The van der Waals surface area contributed by atoms with Gasteiger partial charge in [-0.15, -0.1) is 6.58 Å². The lowest BCUT2D eigenvalue weighted by molar-refractivity contribution is -0.135. The number of nitrogens with zero attached hydrogens (tertiary/aromatic N) is 3. The molecule has 1 aliphatic heterocycles. The van der Waals surface area contributed by atoms with Crippen molar-refractivity contribution in [3.8, 4) is 0 Å². The lowest BCUT2D eigenvalue weighted by atomic mass is 10.1. The highest BCUT2D eigenvalue weighted by Crippen LogP contribution is 2.44. The Kier molecular flexibility index (Phi) is 8.03. The molecule has 1 saturated carbocycles. The van der Waals surface area contributed by atoms with Crippen molar-refractivity contribution in [3.63, 3.8) is 0 Å². The molecule has 1 aromatic rings. The normalized spacial score (nSPS) is 22.2. The first-order valence-corrected chi connectivity index (χ1v) is 11.0. The molecule has 0 spiro atoms. The molecule has 7 nitrogen and oxygen atoms in total. The smallest absolute Gasteiger partial charge is 0.405 e. The Hall–Kier alpha value is -2.45. The summed E-state index contributed by atoms with van der Waals surface area (Å²) in [5.74, 6) is 0.00716. The van der Waals surface area contributed by atoms with Gasteiger partial charge in [0.2, 0.25) is 5.91 Å². The minimum atomic E-state index is -1.17. The molecule has 2 N–H and O–H groups in total. The summed E-state index contributed by atoms with van der Waals surface area (Å²) in [7, 11) is 2.01. The molecule has 170 valence electrons. The Morgan fingerprint density at radius 3 is 2.58 bits per heavy atom. The van der Waals surface area contributed by atoms with Crippen molar-refractivity contribution in [1.29, 1.82) is 0 Å². The maximum Gasteiger partial charge on any atom is 0.405 e. The van der Waals surface area contributed by atoms with Gasteiger partial charge in [0.25, 0.3) is 0 Å². The fourth-order valence-corrected chi connectivity index (χ4v) is 4.36. The van der Waals surface area contributed by atoms with Crippen LogP contribution in [0.25, 0.3) is 0 Å². The molecule has 1 heterocycles. The van der Waals surface area contributed by atoms with Gasteiger partial charge in [-0.3, -0.25) is 9.69 Å². The molecule has 3 rings (SSSR count). The molecule has 2 fully saturated rings. The summed E-state index contributed by atoms with van der Waals surface area (Å²) in [5.41, 5.74) is 1.14. The Bertz CT molecular complexity index is 765. The molecule has 2 aliphatic rings. The number of nitrogens with one attached hydrogen (secondary N) is 1. The Balaban J connectivity index is 1.53. The predicted octanol–water partition coefficient (Wildman–Crippen LogP) is 2.36. The van der Waals surface area contributed by atoms with E-state index < -0.39 is 12.1 Å². The van der Waals surface area contributed by atoms with Crippen LogP contribution in [0.1, 0.15) is 30.7 Å². The predicted molar refractivity (Wildman–Crippen MR) is 118 cm³/mol. The van der Waals surface area contributed by atoms with Crippen molar-refractivity contribution in [2.75, 3.05) is 46.3 Å². The van der Waals surface area contributed by atoms with E-state index in [1.54, 1.807) is 4.90 Å². The third kappa shape index (κ3) is 6.51. The molecule has 0 aromatic heterocycles. The standard InChI is InChI=1S/C23H33FN4O3/c1-3-10-27(21-16-19(21)17-6-8-18(24)9-7-17)11-4-5-20(25-23(30)31)22(29)28-14-12-26(2)13-15-28/h3,6-9,19-21,25H,1,4-5,10-16H2,2H3,(H,30,31)/t19-,20+,21+/m0/s1. The summed E-state index contributed by atoms with van der Waals surface area (Å²) in [5, 5.41) is 11.6. The summed E-state index contributed by atoms with van der Waals surface area (Å²) in [6, 6.07) is 6.31. The van der Waals surface area contributed by atoms with Crippen LogP contribution in [0.5, 0.6) is 0 Å². The van der Waals surface area contributed by atoms with Crippen molar-refractivity contribution in [3.05, 3.63) is 48.3 Å². The number of carbonyl (C=O) groups is 2. The summed E-state index contributed by atoms with van der Waals surface area (Å²) < 4.78 is 13.2. The highest BCUT2D eigenvalue weighted by atomic mass is 19.1. The van der Waals surface area contributed by atoms with E-state index in [0.29, 0.717) is 37.9 Å². The van der Waals surface area contributed by atoms with Crippen LogP contribution in [0, 0.1) is 5.82 Å². The van der Waals surface area contributed by atoms with Gasteiger partial charge in [-0.1, -0.05) is 18.2 Å². The van der Waals surface area contributed by atoms with Crippen LogP contribution in [0.15, 0.2) is 36.9 Å². The zero-order valence-electron chi connectivity index (χ0n) is 18.2. The largest absolute Gasteiger partial charge is 0.465 e. The van der Waals surface area contributed by atoms with Crippen molar-refractivity contribution < 1.29 is 19.1 Å². The first kappa shape index (κ1) is 23.2. The molecule has 0 unspecified atom stereocenters. The van der Waals surface area contributed by atoms with Gasteiger partial charge in [-0.2, -0.15) is 0 Å². The lowest BCUT2D eigenvalue weighted by Gasteiger charge is -2.34. The maximum absolute atomic E-state index is 13.2. The van der Waals surface area contributed by atoms with E-state index in [1.165, 1.54) is 12.1 Å². The Morgan fingerprint density at radius 2 is 1.97 bits per heavy atom. The summed E-state index contributed by atoms with van der Waals surface area (Å²) in [6.45, 7) is 8.17. The molecule has 1 aromatic carbocycles. The quantitative estimate of drug-likeness (QED) is 0.555. The second-order valence-corrected chi connectivity index (χ2v) is 8.52. The molecular weight excluding hydrogens is 399 g/mol. The first-order valence-electron chi connectivity index (χ1n) is 11.0. The first-order chi connectivity index (χ1) is 14.9. The van der Waals surface area contributed by atoms with Gasteiger partial charge in [-0.25, -0.2) is 9.18 Å². The summed E-state index contributed by atoms with van der Waals surface area (Å²) in [4.78, 5) is 30.4. The number of benzene rings is 1. The molecule has 3 atom stereocenters. The molecule has 1 saturated heterocycles. The average molecular weight is 433 g/mol. The molecule has 2 amide bonds. The van der Waals surface area contributed by atoms with Crippen molar-refractivity contribution >= 4 is 12.0 Å². The van der Waals surface area contributed by atoms with Crippen LogP contribution >= 0.6 is 0 Å². The van der Waals surface area contributed by atoms with Gasteiger partial charge in [-0.05, 0) is 50.6 Å². The van der Waals surface area contributed by atoms with Crippen molar-refractivity contribution in [2.45, 2.75) is 37.3 Å². The number of carboxylic acid groups (broad SMARTS) is 1. The molecule has 0 bridgehead atoms. The van der Waals surface area contributed by atoms with E-state index in [9.17, 15) is 19.1 Å². The highest BCUT2D eigenvalue weighted by molar-refractivity contribution is 5.85. The van der Waals surface area contributed by atoms with Crippen molar-refractivity contribution in [1.82, 2.24) is 20.0 Å². The fourth-order valence-electron chi connectivity index (χ4n) is 4.36. The van der Waals surface area contributed by atoms with Gasteiger partial charge in [0.1, 0.15) is 11.9 Å². The molecule has 0 radical (unpaired) electrons. The van der Waals surface area contributed by atoms with Gasteiger partial charge < -0.3 is 20.2 Å². The number of hydrogen-bond donors (Lipinski definition) is 2. The fraction of sp³-hybridized carbons (Fsp3) is 0.565. The minimum absolute atomic E-state index is 0.138. The van der Waals surface area contributed by atoms with Gasteiger partial charge in [0, 0.05) is 44.7 Å². The average Bonchev–Trinajstić information content (AvgIpc) is 3.53. The summed E-state index contributed by atoms with van der Waals surface area (Å²) >= 11 is 0.